The van der Waals surface area contributed by atoms with Crippen LogP contribution < -0.4 is 15.8 Å². The van der Waals surface area contributed by atoms with E-state index in [0.29, 0.717) is 32.5 Å². The van der Waals surface area contributed by atoms with Gasteiger partial charge in [0.15, 0.2) is 5.16 Å². The Morgan fingerprint density at radius 2 is 1.91 bits per heavy atom. The summed E-state index contributed by atoms with van der Waals surface area (Å²) in [5.74, 6) is -0.380. The van der Waals surface area contributed by atoms with Crippen molar-refractivity contribution < 1.29 is 9.59 Å². The fourth-order valence-corrected chi connectivity index (χ4v) is 5.68. The predicted octanol–water partition coefficient (Wildman–Crippen LogP) is 4.63. The quantitative estimate of drug-likeness (QED) is 0.433. The van der Waals surface area contributed by atoms with Crippen molar-refractivity contribution in [3.63, 3.8) is 0 Å². The fourth-order valence-electron chi connectivity index (χ4n) is 4.57. The van der Waals surface area contributed by atoms with E-state index in [2.05, 4.69) is 5.32 Å². The highest BCUT2D eigenvalue weighted by molar-refractivity contribution is 7.99. The topological polar surface area (TPSA) is 84.3 Å². The molecule has 1 fully saturated rings. The van der Waals surface area contributed by atoms with Crippen molar-refractivity contribution in [3.05, 3.63) is 57.8 Å². The van der Waals surface area contributed by atoms with E-state index in [4.69, 9.17) is 16.6 Å². The average Bonchev–Trinajstić information content (AvgIpc) is 2.82. The van der Waals surface area contributed by atoms with Crippen molar-refractivity contribution in [1.29, 1.82) is 0 Å². The highest BCUT2D eigenvalue weighted by Crippen LogP contribution is 2.33. The second-order valence-electron chi connectivity index (χ2n) is 8.36. The van der Waals surface area contributed by atoms with Gasteiger partial charge in [0.1, 0.15) is 6.54 Å². The largest absolute Gasteiger partial charge is 0.323 e. The van der Waals surface area contributed by atoms with Gasteiger partial charge in [0.05, 0.1) is 28.0 Å². The Hall–Kier alpha value is -2.84. The molecule has 0 saturated heterocycles. The van der Waals surface area contributed by atoms with Gasteiger partial charge in [0.2, 0.25) is 11.8 Å². The van der Waals surface area contributed by atoms with Crippen LogP contribution in [0.5, 0.6) is 0 Å². The van der Waals surface area contributed by atoms with Crippen molar-refractivity contribution in [3.8, 4) is 0 Å². The van der Waals surface area contributed by atoms with E-state index in [-0.39, 0.29) is 35.7 Å². The maximum absolute atomic E-state index is 13.4. The van der Waals surface area contributed by atoms with Crippen LogP contribution in [0.4, 0.5) is 11.4 Å². The van der Waals surface area contributed by atoms with Gasteiger partial charge in [-0.3, -0.25) is 19.0 Å². The Kier molecular flexibility index (Phi) is 6.12. The molecule has 2 amide bonds. The zero-order valence-electron chi connectivity index (χ0n) is 17.9. The van der Waals surface area contributed by atoms with Gasteiger partial charge in [0, 0.05) is 11.1 Å². The number of para-hydroxylation sites is 2. The first-order valence-electron chi connectivity index (χ1n) is 11.0. The molecule has 0 unspecified atom stereocenters. The van der Waals surface area contributed by atoms with Gasteiger partial charge in [-0.15, -0.1) is 0 Å². The number of halogens is 1. The molecule has 1 saturated carbocycles. The number of amides is 2. The van der Waals surface area contributed by atoms with Crippen molar-refractivity contribution in [2.45, 2.75) is 43.3 Å². The van der Waals surface area contributed by atoms with Crippen LogP contribution in [0.3, 0.4) is 0 Å². The predicted molar refractivity (Wildman–Crippen MR) is 131 cm³/mol. The zero-order valence-corrected chi connectivity index (χ0v) is 19.5. The van der Waals surface area contributed by atoms with Gasteiger partial charge >= 0.3 is 0 Å². The molecule has 33 heavy (non-hydrogen) atoms. The number of carbonyl (C=O) groups excluding carboxylic acids is 2. The van der Waals surface area contributed by atoms with Gasteiger partial charge in [-0.25, -0.2) is 4.98 Å². The summed E-state index contributed by atoms with van der Waals surface area (Å²) in [6.07, 6.45) is 5.14. The molecule has 9 heteroatoms. The number of nitrogens with zero attached hydrogens (tertiary/aromatic N) is 3. The average molecular weight is 483 g/mol. The van der Waals surface area contributed by atoms with Crippen molar-refractivity contribution >= 4 is 57.5 Å². The molecule has 0 radical (unpaired) electrons. The Morgan fingerprint density at radius 3 is 2.73 bits per heavy atom. The number of fused-ring (bicyclic) bond motifs is 2. The normalized spacial score (nSPS) is 16.5. The lowest BCUT2D eigenvalue weighted by molar-refractivity contribution is -0.120. The molecule has 5 rings (SSSR count). The van der Waals surface area contributed by atoms with E-state index in [1.165, 1.54) is 23.1 Å². The Balaban J connectivity index is 1.47. The molecule has 2 aliphatic rings. The maximum atomic E-state index is 13.4. The smallest absolute Gasteiger partial charge is 0.262 e. The molecule has 1 aromatic heterocycles. The molecule has 0 atom stereocenters. The van der Waals surface area contributed by atoms with E-state index < -0.39 is 0 Å². The standard InChI is InChI=1S/C24H23ClN4O3S/c25-15-10-11-17-19(12-15)27-24(29(23(17)32)16-6-2-1-3-7-16)33-14-22(31)28-13-21(30)26-18-8-4-5-9-20(18)28/h4-5,8-12,16H,1-3,6-7,13-14H2,(H,26,30). The van der Waals surface area contributed by atoms with Crippen molar-refractivity contribution in [2.24, 2.45) is 0 Å². The summed E-state index contributed by atoms with van der Waals surface area (Å²) >= 11 is 7.39. The van der Waals surface area contributed by atoms with E-state index in [9.17, 15) is 14.4 Å². The van der Waals surface area contributed by atoms with Crippen LogP contribution in [0.2, 0.25) is 5.02 Å². The van der Waals surface area contributed by atoms with Gasteiger partial charge in [0.25, 0.3) is 5.56 Å². The zero-order chi connectivity index (χ0) is 22.9. The molecule has 2 aromatic carbocycles. The molecule has 1 N–H and O–H groups in total. The molecule has 1 aliphatic carbocycles. The third kappa shape index (κ3) is 4.37. The van der Waals surface area contributed by atoms with Crippen molar-refractivity contribution in [1.82, 2.24) is 9.55 Å². The molecular weight excluding hydrogens is 460 g/mol. The SMILES string of the molecule is O=C1CN(C(=O)CSc2nc3cc(Cl)ccc3c(=O)n2C2CCCCC2)c2ccccc2N1. The van der Waals surface area contributed by atoms with Gasteiger partial charge < -0.3 is 10.2 Å². The van der Waals surface area contributed by atoms with Crippen LogP contribution in [0.1, 0.15) is 38.1 Å². The number of rotatable bonds is 4. The second kappa shape index (κ2) is 9.19. The Labute approximate surface area is 200 Å². The highest BCUT2D eigenvalue weighted by Gasteiger charge is 2.28. The number of thioether (sulfide) groups is 1. The number of benzene rings is 2. The molecule has 170 valence electrons. The monoisotopic (exact) mass is 482 g/mol. The van der Waals surface area contributed by atoms with Crippen LogP contribution in [0.15, 0.2) is 52.4 Å². The van der Waals surface area contributed by atoms with Crippen molar-refractivity contribution in [2.75, 3.05) is 22.5 Å². The lowest BCUT2D eigenvalue weighted by Gasteiger charge is -2.29. The van der Waals surface area contributed by atoms with E-state index in [1.807, 2.05) is 18.2 Å². The third-order valence-electron chi connectivity index (χ3n) is 6.17. The first-order chi connectivity index (χ1) is 16.0. The first-order valence-corrected chi connectivity index (χ1v) is 12.4. The van der Waals surface area contributed by atoms with Gasteiger partial charge in [-0.2, -0.15) is 0 Å². The van der Waals surface area contributed by atoms with E-state index >= 15 is 0 Å². The molecule has 1 aliphatic heterocycles. The molecule has 0 bridgehead atoms. The number of anilines is 2. The number of carbonyl (C=O) groups is 2. The minimum atomic E-state index is -0.232. The first kappa shape index (κ1) is 22.0. The van der Waals surface area contributed by atoms with Gasteiger partial charge in [-0.1, -0.05) is 54.8 Å². The van der Waals surface area contributed by atoms with E-state index in [0.717, 1.165) is 25.7 Å². The lowest BCUT2D eigenvalue weighted by Crippen LogP contribution is -2.43. The number of nitrogens with one attached hydrogen (secondary N) is 1. The fraction of sp³-hybridized carbons (Fsp3) is 0.333. The molecule has 0 spiro atoms. The molecular formula is C24H23ClN4O3S. The summed E-state index contributed by atoms with van der Waals surface area (Å²) in [6, 6.07) is 12.4. The molecule has 2 heterocycles. The second-order valence-corrected chi connectivity index (χ2v) is 9.74. The summed E-state index contributed by atoms with van der Waals surface area (Å²) in [5, 5.41) is 4.35. The summed E-state index contributed by atoms with van der Waals surface area (Å²) < 4.78 is 1.77. The summed E-state index contributed by atoms with van der Waals surface area (Å²) in [5.41, 5.74) is 1.72. The maximum Gasteiger partial charge on any atom is 0.262 e. The summed E-state index contributed by atoms with van der Waals surface area (Å²) in [6.45, 7) is -0.0351. The molecule has 3 aromatic rings. The van der Waals surface area contributed by atoms with Crippen LogP contribution in [0.25, 0.3) is 10.9 Å². The number of hydrogen-bond donors (Lipinski definition) is 1. The third-order valence-corrected chi connectivity index (χ3v) is 7.34. The minimum Gasteiger partial charge on any atom is -0.323 e. The van der Waals surface area contributed by atoms with Gasteiger partial charge in [-0.05, 0) is 43.2 Å². The summed E-state index contributed by atoms with van der Waals surface area (Å²) in [4.78, 5) is 44.9. The van der Waals surface area contributed by atoms with Crippen LogP contribution in [0, 0.1) is 0 Å². The highest BCUT2D eigenvalue weighted by atomic mass is 35.5. The Bertz CT molecular complexity index is 1300. The Morgan fingerprint density at radius 1 is 1.12 bits per heavy atom. The summed E-state index contributed by atoms with van der Waals surface area (Å²) in [7, 11) is 0. The van der Waals surface area contributed by atoms with Crippen LogP contribution in [-0.4, -0.2) is 33.7 Å². The lowest BCUT2D eigenvalue weighted by atomic mass is 9.95. The van der Waals surface area contributed by atoms with E-state index in [1.54, 1.807) is 28.8 Å². The van der Waals surface area contributed by atoms with Crippen LogP contribution in [-0.2, 0) is 9.59 Å². The number of aromatic nitrogens is 2. The minimum absolute atomic E-state index is 0.0351. The van der Waals surface area contributed by atoms with Crippen LogP contribution >= 0.6 is 23.4 Å². The molecule has 7 nitrogen and oxygen atoms in total. The number of hydrogen-bond acceptors (Lipinski definition) is 5.